The highest BCUT2D eigenvalue weighted by Crippen LogP contribution is 2.65. The first-order chi connectivity index (χ1) is 18.4. The summed E-state index contributed by atoms with van der Waals surface area (Å²) in [4.78, 5) is 15.7. The molecule has 1 saturated heterocycles. The van der Waals surface area contributed by atoms with E-state index in [9.17, 15) is 10.1 Å². The summed E-state index contributed by atoms with van der Waals surface area (Å²) in [7, 11) is 0. The van der Waals surface area contributed by atoms with Gasteiger partial charge < -0.3 is 10.2 Å². The van der Waals surface area contributed by atoms with Crippen LogP contribution in [-0.2, 0) is 11.2 Å². The number of nitrogens with one attached hydrogen (secondary N) is 1. The maximum atomic E-state index is 13.1. The van der Waals surface area contributed by atoms with Crippen molar-refractivity contribution in [2.45, 2.75) is 70.6 Å². The molecule has 2 saturated carbocycles. The molecule has 6 heteroatoms. The summed E-state index contributed by atoms with van der Waals surface area (Å²) in [5.74, 6) is 1.84. The number of unbranched alkanes of at least 4 members (excludes halogenated alkanes) is 1. The van der Waals surface area contributed by atoms with Crippen molar-refractivity contribution in [3.63, 3.8) is 0 Å². The highest BCUT2D eigenvalue weighted by atomic mass is 35.5. The van der Waals surface area contributed by atoms with Gasteiger partial charge in [-0.15, -0.1) is 0 Å². The van der Waals surface area contributed by atoms with E-state index in [4.69, 9.17) is 23.2 Å². The molecule has 5 rings (SSSR count). The Labute approximate surface area is 237 Å². The van der Waals surface area contributed by atoms with E-state index in [1.807, 2.05) is 18.2 Å². The molecule has 4 nitrogen and oxygen atoms in total. The Bertz CT molecular complexity index is 1170. The molecule has 0 bridgehead atoms. The summed E-state index contributed by atoms with van der Waals surface area (Å²) in [6.45, 7) is 3.69. The molecule has 0 spiro atoms. The minimum absolute atomic E-state index is 0.0777. The van der Waals surface area contributed by atoms with Crippen LogP contribution in [0.3, 0.4) is 0 Å². The van der Waals surface area contributed by atoms with Crippen LogP contribution in [0.25, 0.3) is 0 Å². The van der Waals surface area contributed by atoms with Crippen molar-refractivity contribution in [1.29, 1.82) is 5.26 Å². The molecule has 2 aromatic carbocycles. The molecule has 2 aliphatic carbocycles. The van der Waals surface area contributed by atoms with Crippen LogP contribution in [0.15, 0.2) is 42.5 Å². The van der Waals surface area contributed by atoms with Crippen LogP contribution in [0.5, 0.6) is 0 Å². The van der Waals surface area contributed by atoms with Crippen molar-refractivity contribution in [1.82, 2.24) is 4.90 Å². The predicted octanol–water partition coefficient (Wildman–Crippen LogP) is 8.13. The van der Waals surface area contributed by atoms with Crippen molar-refractivity contribution < 1.29 is 4.79 Å². The summed E-state index contributed by atoms with van der Waals surface area (Å²) >= 11 is 12.2. The third-order valence-corrected chi connectivity index (χ3v) is 10.1. The first kappa shape index (κ1) is 27.5. The van der Waals surface area contributed by atoms with Crippen LogP contribution in [0.1, 0.15) is 75.3 Å². The highest BCUT2D eigenvalue weighted by molar-refractivity contribution is 6.42. The molecule has 1 aliphatic heterocycles. The van der Waals surface area contributed by atoms with Gasteiger partial charge in [-0.25, -0.2) is 0 Å². The fraction of sp³-hybridized carbons (Fsp3) is 0.562. The first-order valence-corrected chi connectivity index (χ1v) is 15.2. The molecule has 2 unspecified atom stereocenters. The average Bonchev–Trinajstić information content (AvgIpc) is 3.36. The van der Waals surface area contributed by atoms with E-state index in [0.29, 0.717) is 39.4 Å². The molecule has 202 valence electrons. The molecular weight excluding hydrogens is 513 g/mol. The number of halogens is 2. The second-order valence-electron chi connectivity index (χ2n) is 12.0. The molecule has 3 aliphatic rings. The summed E-state index contributed by atoms with van der Waals surface area (Å²) in [6, 6.07) is 15.7. The van der Waals surface area contributed by atoms with Crippen molar-refractivity contribution >= 4 is 34.8 Å². The quantitative estimate of drug-likeness (QED) is 0.287. The molecule has 0 aromatic heterocycles. The summed E-state index contributed by atoms with van der Waals surface area (Å²) in [5.41, 5.74) is 3.17. The largest absolute Gasteiger partial charge is 0.326 e. The monoisotopic (exact) mass is 551 g/mol. The van der Waals surface area contributed by atoms with Crippen LogP contribution in [0.4, 0.5) is 5.69 Å². The Morgan fingerprint density at radius 3 is 2.74 bits per heavy atom. The lowest BCUT2D eigenvalue weighted by molar-refractivity contribution is -0.117. The molecule has 38 heavy (non-hydrogen) atoms. The number of amides is 1. The summed E-state index contributed by atoms with van der Waals surface area (Å²) < 4.78 is 0. The number of hydrogen-bond donors (Lipinski definition) is 1. The van der Waals surface area contributed by atoms with Gasteiger partial charge in [-0.05, 0) is 136 Å². The molecule has 1 N–H and O–H groups in total. The van der Waals surface area contributed by atoms with E-state index in [0.717, 1.165) is 24.3 Å². The zero-order valence-electron chi connectivity index (χ0n) is 22.2. The Balaban J connectivity index is 1.18. The number of rotatable bonds is 11. The number of fused-ring (bicyclic) bond motifs is 1. The Morgan fingerprint density at radius 2 is 1.97 bits per heavy atom. The third-order valence-electron chi connectivity index (χ3n) is 9.39. The van der Waals surface area contributed by atoms with Crippen molar-refractivity contribution in [2.24, 2.45) is 23.2 Å². The Morgan fingerprint density at radius 1 is 1.13 bits per heavy atom. The standard InChI is InChI=1S/C32H39Cl2N3O/c33-29-10-9-28(19-30(29)34)36-31(38)18-25(8-1-2-13-37-14-3-4-15-37)26-11-12-32(21-27(32)17-26)20-23-6-5-7-24(16-23)22-35/h5-7,9-10,16,19,25-27H,1-4,8,11-15,17-18,20-21H2,(H,36,38)/t25?,26-,27?,32+/m1/s1. The molecule has 1 amide bonds. The Hall–Kier alpha value is -2.06. The van der Waals surface area contributed by atoms with Crippen LogP contribution >= 0.6 is 23.2 Å². The van der Waals surface area contributed by atoms with Crippen molar-refractivity contribution in [3.05, 3.63) is 63.6 Å². The first-order valence-electron chi connectivity index (χ1n) is 14.4. The molecule has 0 radical (unpaired) electrons. The van der Waals surface area contributed by atoms with Gasteiger partial charge in [-0.3, -0.25) is 4.79 Å². The van der Waals surface area contributed by atoms with Gasteiger partial charge in [0.1, 0.15) is 0 Å². The van der Waals surface area contributed by atoms with E-state index in [2.05, 4.69) is 28.4 Å². The Kier molecular flexibility index (Phi) is 8.99. The maximum Gasteiger partial charge on any atom is 0.224 e. The van der Waals surface area contributed by atoms with Crippen LogP contribution in [0, 0.1) is 34.5 Å². The van der Waals surface area contributed by atoms with E-state index in [-0.39, 0.29) is 5.91 Å². The molecule has 1 heterocycles. The van der Waals surface area contributed by atoms with Crippen molar-refractivity contribution in [3.8, 4) is 6.07 Å². The number of likely N-dealkylation sites (tertiary alicyclic amines) is 1. The highest BCUT2D eigenvalue weighted by Gasteiger charge is 2.56. The SMILES string of the molecule is N#Cc1cccc(C[C@]23CC[C@@H](C(CCCCN4CCCC4)CC(=O)Nc4ccc(Cl)c(Cl)c4)CC2C3)c1. The lowest BCUT2D eigenvalue weighted by Crippen LogP contribution is -2.28. The normalized spacial score (nSPS) is 25.4. The minimum Gasteiger partial charge on any atom is -0.326 e. The van der Waals surface area contributed by atoms with Crippen molar-refractivity contribution in [2.75, 3.05) is 25.0 Å². The number of nitrogens with zero attached hydrogens (tertiary/aromatic N) is 2. The predicted molar refractivity (Wildman–Crippen MR) is 155 cm³/mol. The van der Waals surface area contributed by atoms with Gasteiger partial charge >= 0.3 is 0 Å². The fourth-order valence-corrected chi connectivity index (χ4v) is 7.49. The fourth-order valence-electron chi connectivity index (χ4n) is 7.19. The van der Waals surface area contributed by atoms with Crippen LogP contribution in [-0.4, -0.2) is 30.4 Å². The van der Waals surface area contributed by atoms with Crippen LogP contribution < -0.4 is 5.32 Å². The van der Waals surface area contributed by atoms with Gasteiger partial charge in [-0.1, -0.05) is 41.8 Å². The van der Waals surface area contributed by atoms with E-state index < -0.39 is 0 Å². The number of carbonyl (C=O) groups excluding carboxylic acids is 1. The number of nitriles is 1. The maximum absolute atomic E-state index is 13.1. The van der Waals surface area contributed by atoms with E-state index >= 15 is 0 Å². The molecule has 2 aromatic rings. The number of carbonyl (C=O) groups is 1. The van der Waals surface area contributed by atoms with Gasteiger partial charge in [0, 0.05) is 12.1 Å². The van der Waals surface area contributed by atoms with Gasteiger partial charge in [0.05, 0.1) is 21.7 Å². The zero-order valence-corrected chi connectivity index (χ0v) is 23.7. The molecule has 4 atom stereocenters. The topological polar surface area (TPSA) is 56.1 Å². The lowest BCUT2D eigenvalue weighted by Gasteiger charge is -2.34. The third kappa shape index (κ3) is 6.92. The van der Waals surface area contributed by atoms with Gasteiger partial charge in [-0.2, -0.15) is 5.26 Å². The number of anilines is 1. The number of hydrogen-bond acceptors (Lipinski definition) is 3. The van der Waals surface area contributed by atoms with Gasteiger partial charge in [0.2, 0.25) is 5.91 Å². The van der Waals surface area contributed by atoms with Gasteiger partial charge in [0.15, 0.2) is 0 Å². The summed E-state index contributed by atoms with van der Waals surface area (Å²) in [6.07, 6.45) is 12.8. The van der Waals surface area contributed by atoms with E-state index in [1.165, 1.54) is 76.6 Å². The van der Waals surface area contributed by atoms with E-state index in [1.54, 1.807) is 12.1 Å². The second-order valence-corrected chi connectivity index (χ2v) is 12.8. The minimum atomic E-state index is 0.0777. The number of benzene rings is 2. The van der Waals surface area contributed by atoms with Gasteiger partial charge in [0.25, 0.3) is 0 Å². The zero-order chi connectivity index (χ0) is 26.5. The average molecular weight is 553 g/mol. The lowest BCUT2D eigenvalue weighted by atomic mass is 9.71. The van der Waals surface area contributed by atoms with Crippen LogP contribution in [0.2, 0.25) is 10.0 Å². The second kappa shape index (κ2) is 12.4. The summed E-state index contributed by atoms with van der Waals surface area (Å²) in [5, 5.41) is 13.3. The smallest absolute Gasteiger partial charge is 0.224 e. The molecule has 3 fully saturated rings. The molecular formula is C32H39Cl2N3O.